The van der Waals surface area contributed by atoms with E-state index in [4.69, 9.17) is 11.6 Å². The number of nitrogens with zero attached hydrogens (tertiary/aromatic N) is 2. The van der Waals surface area contributed by atoms with E-state index in [1.807, 2.05) is 12.1 Å². The lowest BCUT2D eigenvalue weighted by molar-refractivity contribution is 0.437. The highest BCUT2D eigenvalue weighted by atomic mass is 35.5. The maximum atomic E-state index is 14.0. The van der Waals surface area contributed by atoms with E-state index in [-0.39, 0.29) is 11.7 Å². The van der Waals surface area contributed by atoms with E-state index in [1.165, 1.54) is 6.20 Å². The molecule has 0 bridgehead atoms. The molecule has 19 heavy (non-hydrogen) atoms. The van der Waals surface area contributed by atoms with E-state index in [0.717, 1.165) is 31.6 Å². The van der Waals surface area contributed by atoms with Crippen LogP contribution in [0.15, 0.2) is 30.5 Å². The lowest BCUT2D eigenvalue weighted by atomic mass is 9.95. The van der Waals surface area contributed by atoms with Gasteiger partial charge < -0.3 is 5.32 Å². The molecule has 0 unspecified atom stereocenters. The number of halogens is 2. The van der Waals surface area contributed by atoms with Gasteiger partial charge in [-0.3, -0.25) is 0 Å². The molecule has 0 atom stereocenters. The zero-order valence-electron chi connectivity index (χ0n) is 10.4. The molecule has 0 saturated carbocycles. The van der Waals surface area contributed by atoms with Crippen LogP contribution in [-0.2, 0) is 0 Å². The van der Waals surface area contributed by atoms with Gasteiger partial charge in [-0.25, -0.2) is 9.07 Å². The number of piperidine rings is 1. The molecule has 1 aliphatic heterocycles. The van der Waals surface area contributed by atoms with Crippen LogP contribution in [0.5, 0.6) is 0 Å². The molecule has 0 radical (unpaired) electrons. The topological polar surface area (TPSA) is 29.9 Å². The molecule has 2 aromatic rings. The fourth-order valence-electron chi connectivity index (χ4n) is 2.46. The highest BCUT2D eigenvalue weighted by molar-refractivity contribution is 6.30. The number of benzene rings is 1. The Hall–Kier alpha value is -1.39. The maximum Gasteiger partial charge on any atom is 0.165 e. The van der Waals surface area contributed by atoms with Crippen LogP contribution in [0.4, 0.5) is 4.39 Å². The van der Waals surface area contributed by atoms with E-state index in [0.29, 0.717) is 10.7 Å². The van der Waals surface area contributed by atoms with Crippen LogP contribution in [0.3, 0.4) is 0 Å². The van der Waals surface area contributed by atoms with E-state index in [1.54, 1.807) is 16.8 Å². The van der Waals surface area contributed by atoms with Crippen LogP contribution >= 0.6 is 11.6 Å². The quantitative estimate of drug-likeness (QED) is 0.915. The van der Waals surface area contributed by atoms with Gasteiger partial charge in [-0.15, -0.1) is 0 Å². The summed E-state index contributed by atoms with van der Waals surface area (Å²) in [5.74, 6) is -0.00310. The van der Waals surface area contributed by atoms with Gasteiger partial charge in [0.05, 0.1) is 11.9 Å². The molecule has 2 heterocycles. The molecule has 0 aliphatic carbocycles. The second-order valence-electron chi connectivity index (χ2n) is 4.81. The van der Waals surface area contributed by atoms with Gasteiger partial charge in [0.25, 0.3) is 0 Å². The molecule has 100 valence electrons. The summed E-state index contributed by atoms with van der Waals surface area (Å²) in [6.07, 6.45) is 3.32. The van der Waals surface area contributed by atoms with Gasteiger partial charge in [-0.1, -0.05) is 11.6 Å². The largest absolute Gasteiger partial charge is 0.317 e. The highest BCUT2D eigenvalue weighted by Crippen LogP contribution is 2.26. The van der Waals surface area contributed by atoms with Crippen molar-refractivity contribution < 1.29 is 4.39 Å². The normalized spacial score (nSPS) is 16.7. The van der Waals surface area contributed by atoms with Gasteiger partial charge >= 0.3 is 0 Å². The second kappa shape index (κ2) is 5.31. The third-order valence-electron chi connectivity index (χ3n) is 3.51. The molecule has 3 rings (SSSR count). The molecule has 1 N–H and O–H groups in total. The molecule has 5 heteroatoms. The molecule has 3 nitrogen and oxygen atoms in total. The Morgan fingerprint density at radius 2 is 1.89 bits per heavy atom. The number of hydrogen-bond acceptors (Lipinski definition) is 2. The number of hydrogen-bond donors (Lipinski definition) is 1. The van der Waals surface area contributed by atoms with E-state index in [2.05, 4.69) is 10.4 Å². The van der Waals surface area contributed by atoms with E-state index >= 15 is 0 Å². The standard InChI is InChI=1S/C14H15ClFN3/c15-11-1-3-12(4-2-11)19-9-13(16)14(18-19)10-5-7-17-8-6-10/h1-4,9-10,17H,5-8H2. The second-order valence-corrected chi connectivity index (χ2v) is 5.24. The Balaban J connectivity index is 1.90. The Morgan fingerprint density at radius 3 is 2.58 bits per heavy atom. The molecule has 1 aliphatic rings. The molecule has 1 saturated heterocycles. The molecule has 1 aromatic carbocycles. The summed E-state index contributed by atoms with van der Waals surface area (Å²) in [4.78, 5) is 0. The van der Waals surface area contributed by atoms with Crippen LogP contribution in [0.2, 0.25) is 5.02 Å². The van der Waals surface area contributed by atoms with Crippen LogP contribution in [0.25, 0.3) is 5.69 Å². The summed E-state index contributed by atoms with van der Waals surface area (Å²) in [6.45, 7) is 1.86. The SMILES string of the molecule is Fc1cn(-c2ccc(Cl)cc2)nc1C1CCNCC1. The summed E-state index contributed by atoms with van der Waals surface area (Å²) < 4.78 is 15.6. The van der Waals surface area contributed by atoms with E-state index < -0.39 is 0 Å². The third-order valence-corrected chi connectivity index (χ3v) is 3.76. The van der Waals surface area contributed by atoms with Crippen molar-refractivity contribution in [2.45, 2.75) is 18.8 Å². The van der Waals surface area contributed by atoms with Crippen molar-refractivity contribution in [3.8, 4) is 5.69 Å². The first kappa shape index (κ1) is 12.6. The molecular weight excluding hydrogens is 265 g/mol. The minimum absolute atomic E-state index is 0.217. The minimum atomic E-state index is -0.221. The number of rotatable bonds is 2. The van der Waals surface area contributed by atoms with Crippen molar-refractivity contribution in [2.75, 3.05) is 13.1 Å². The van der Waals surface area contributed by atoms with Crippen molar-refractivity contribution in [1.82, 2.24) is 15.1 Å². The fourth-order valence-corrected chi connectivity index (χ4v) is 2.59. The smallest absolute Gasteiger partial charge is 0.165 e. The summed E-state index contributed by atoms with van der Waals surface area (Å²) in [5.41, 5.74) is 1.40. The Kier molecular flexibility index (Phi) is 3.53. The van der Waals surface area contributed by atoms with Gasteiger partial charge in [-0.2, -0.15) is 5.10 Å². The van der Waals surface area contributed by atoms with Crippen molar-refractivity contribution in [2.24, 2.45) is 0 Å². The van der Waals surface area contributed by atoms with Crippen molar-refractivity contribution in [3.63, 3.8) is 0 Å². The minimum Gasteiger partial charge on any atom is -0.317 e. The average molecular weight is 280 g/mol. The van der Waals surface area contributed by atoms with Gasteiger partial charge in [0, 0.05) is 10.9 Å². The highest BCUT2D eigenvalue weighted by Gasteiger charge is 2.22. The first-order valence-corrected chi connectivity index (χ1v) is 6.83. The van der Waals surface area contributed by atoms with Crippen molar-refractivity contribution in [3.05, 3.63) is 47.0 Å². The summed E-state index contributed by atoms with van der Waals surface area (Å²) in [6, 6.07) is 7.23. The predicted molar refractivity (Wildman–Crippen MR) is 73.4 cm³/mol. The predicted octanol–water partition coefficient (Wildman–Crippen LogP) is 3.13. The summed E-state index contributed by atoms with van der Waals surface area (Å²) >= 11 is 5.85. The zero-order valence-corrected chi connectivity index (χ0v) is 11.2. The van der Waals surface area contributed by atoms with E-state index in [9.17, 15) is 4.39 Å². The monoisotopic (exact) mass is 279 g/mol. The Labute approximate surface area is 116 Å². The van der Waals surface area contributed by atoms with Gasteiger partial charge in [0.1, 0.15) is 5.69 Å². The van der Waals surface area contributed by atoms with Gasteiger partial charge in [0.2, 0.25) is 0 Å². The van der Waals surface area contributed by atoms with Crippen molar-refractivity contribution in [1.29, 1.82) is 0 Å². The van der Waals surface area contributed by atoms with Gasteiger partial charge in [0.15, 0.2) is 5.82 Å². The van der Waals surface area contributed by atoms with Crippen LogP contribution in [0, 0.1) is 5.82 Å². The van der Waals surface area contributed by atoms with Crippen LogP contribution in [0.1, 0.15) is 24.5 Å². The Bertz CT molecular complexity index is 559. The third kappa shape index (κ3) is 2.65. The zero-order chi connectivity index (χ0) is 13.2. The molecule has 0 amide bonds. The van der Waals surface area contributed by atoms with Gasteiger partial charge in [-0.05, 0) is 50.2 Å². The average Bonchev–Trinajstić information content (AvgIpc) is 2.83. The Morgan fingerprint density at radius 1 is 1.21 bits per heavy atom. The summed E-state index contributed by atoms with van der Waals surface area (Å²) in [7, 11) is 0. The number of nitrogens with one attached hydrogen (secondary N) is 1. The first-order chi connectivity index (χ1) is 9.24. The molecular formula is C14H15ClFN3. The number of aromatic nitrogens is 2. The van der Waals surface area contributed by atoms with Crippen LogP contribution < -0.4 is 5.32 Å². The maximum absolute atomic E-state index is 14.0. The molecule has 0 spiro atoms. The van der Waals surface area contributed by atoms with Crippen LogP contribution in [-0.4, -0.2) is 22.9 Å². The van der Waals surface area contributed by atoms with Crippen molar-refractivity contribution >= 4 is 11.6 Å². The molecule has 1 aromatic heterocycles. The fraction of sp³-hybridized carbons (Fsp3) is 0.357. The summed E-state index contributed by atoms with van der Waals surface area (Å²) in [5, 5.41) is 8.34. The molecule has 1 fully saturated rings. The first-order valence-electron chi connectivity index (χ1n) is 6.46. The lowest BCUT2D eigenvalue weighted by Crippen LogP contribution is -2.27. The lowest BCUT2D eigenvalue weighted by Gasteiger charge is -2.20.